The van der Waals surface area contributed by atoms with Crippen molar-refractivity contribution in [2.24, 2.45) is 0 Å². The van der Waals surface area contributed by atoms with Gasteiger partial charge < -0.3 is 10.1 Å². The molecule has 1 aromatic heterocycles. The Bertz CT molecular complexity index is 586. The molecule has 0 aliphatic rings. The maximum atomic E-state index is 6.03. The van der Waals surface area contributed by atoms with Gasteiger partial charge in [-0.1, -0.05) is 42.3 Å². The largest absolute Gasteiger partial charge is 0.490 e. The lowest BCUT2D eigenvalue weighted by Crippen LogP contribution is -2.21. The molecule has 2 aromatic rings. The van der Waals surface area contributed by atoms with E-state index < -0.39 is 0 Å². The Labute approximate surface area is 134 Å². The molecule has 0 amide bonds. The molecule has 0 spiro atoms. The average molecular weight is 329 g/mol. The molecule has 0 aliphatic carbocycles. The minimum absolute atomic E-state index is 0.422. The van der Waals surface area contributed by atoms with E-state index in [1.54, 1.807) is 22.9 Å². The van der Waals surface area contributed by atoms with Crippen molar-refractivity contribution in [3.05, 3.63) is 40.1 Å². The molecule has 1 N–H and O–H groups in total. The fraction of sp³-hybridized carbons (Fsp3) is 0.429. The fourth-order valence-electron chi connectivity index (χ4n) is 1.68. The molecule has 21 heavy (non-hydrogen) atoms. The first-order valence-corrected chi connectivity index (χ1v) is 7.50. The molecular formula is C14H18Cl2N4O. The Balaban J connectivity index is 1.80. The van der Waals surface area contributed by atoms with Gasteiger partial charge in [-0.2, -0.15) is 0 Å². The zero-order valence-electron chi connectivity index (χ0n) is 12.0. The van der Waals surface area contributed by atoms with E-state index in [2.05, 4.69) is 29.5 Å². The molecule has 114 valence electrons. The van der Waals surface area contributed by atoms with Gasteiger partial charge in [0.25, 0.3) is 0 Å². The van der Waals surface area contributed by atoms with E-state index in [1.807, 2.05) is 6.20 Å². The molecule has 2 rings (SSSR count). The smallest absolute Gasteiger partial charge is 0.138 e. The van der Waals surface area contributed by atoms with Crippen LogP contribution in [0, 0.1) is 0 Å². The van der Waals surface area contributed by atoms with Crippen molar-refractivity contribution >= 4 is 23.2 Å². The molecule has 1 aromatic carbocycles. The van der Waals surface area contributed by atoms with Gasteiger partial charge in [-0.15, -0.1) is 5.10 Å². The van der Waals surface area contributed by atoms with E-state index in [-0.39, 0.29) is 0 Å². The van der Waals surface area contributed by atoms with Crippen LogP contribution in [0.15, 0.2) is 24.4 Å². The molecule has 0 aliphatic heterocycles. The fourth-order valence-corrected chi connectivity index (χ4v) is 2.14. The summed E-state index contributed by atoms with van der Waals surface area (Å²) in [5, 5.41) is 12.5. The van der Waals surface area contributed by atoms with Gasteiger partial charge in [0.15, 0.2) is 0 Å². The summed E-state index contributed by atoms with van der Waals surface area (Å²) >= 11 is 11.9. The van der Waals surface area contributed by atoms with Crippen LogP contribution in [0.5, 0.6) is 5.75 Å². The number of hydrogen-bond acceptors (Lipinski definition) is 4. The van der Waals surface area contributed by atoms with Crippen LogP contribution in [0.25, 0.3) is 0 Å². The topological polar surface area (TPSA) is 52.0 Å². The molecule has 5 nitrogen and oxygen atoms in total. The lowest BCUT2D eigenvalue weighted by molar-refractivity contribution is 0.290. The van der Waals surface area contributed by atoms with Crippen LogP contribution in [0.4, 0.5) is 0 Å². The standard InChI is InChI=1S/C14H18Cl2N4O/c1-10(2)17-8-12-9-20(19-18-12)5-6-21-14-4-3-11(15)7-13(14)16/h3-4,7,9-10,17H,5-6,8H2,1-2H3. The van der Waals surface area contributed by atoms with E-state index in [1.165, 1.54) is 0 Å². The van der Waals surface area contributed by atoms with Crippen LogP contribution in [0.2, 0.25) is 10.0 Å². The predicted molar refractivity (Wildman–Crippen MR) is 84.0 cm³/mol. The van der Waals surface area contributed by atoms with Gasteiger partial charge in [-0.05, 0) is 18.2 Å². The SMILES string of the molecule is CC(C)NCc1cn(CCOc2ccc(Cl)cc2Cl)nn1. The maximum Gasteiger partial charge on any atom is 0.138 e. The molecule has 0 atom stereocenters. The molecule has 0 saturated carbocycles. The molecule has 0 radical (unpaired) electrons. The highest BCUT2D eigenvalue weighted by atomic mass is 35.5. The Morgan fingerprint density at radius 1 is 1.33 bits per heavy atom. The van der Waals surface area contributed by atoms with Crippen LogP contribution in [-0.4, -0.2) is 27.6 Å². The van der Waals surface area contributed by atoms with Gasteiger partial charge in [0, 0.05) is 23.8 Å². The third-order valence-corrected chi connectivity index (χ3v) is 3.28. The van der Waals surface area contributed by atoms with Crippen LogP contribution >= 0.6 is 23.2 Å². The first-order chi connectivity index (χ1) is 10.0. The highest BCUT2D eigenvalue weighted by Gasteiger charge is 2.04. The van der Waals surface area contributed by atoms with Gasteiger partial charge in [-0.25, -0.2) is 4.68 Å². The van der Waals surface area contributed by atoms with Crippen molar-refractivity contribution in [2.45, 2.75) is 33.0 Å². The van der Waals surface area contributed by atoms with Crippen molar-refractivity contribution < 1.29 is 4.74 Å². The number of nitrogens with one attached hydrogen (secondary N) is 1. The van der Waals surface area contributed by atoms with Crippen molar-refractivity contribution in [2.75, 3.05) is 6.61 Å². The molecule has 1 heterocycles. The van der Waals surface area contributed by atoms with Crippen LogP contribution in [0.1, 0.15) is 19.5 Å². The van der Waals surface area contributed by atoms with E-state index in [4.69, 9.17) is 27.9 Å². The maximum absolute atomic E-state index is 6.03. The summed E-state index contributed by atoms with van der Waals surface area (Å²) in [5.74, 6) is 0.614. The Morgan fingerprint density at radius 2 is 2.14 bits per heavy atom. The number of benzene rings is 1. The summed E-state index contributed by atoms with van der Waals surface area (Å²) in [4.78, 5) is 0. The third kappa shape index (κ3) is 5.19. The first-order valence-electron chi connectivity index (χ1n) is 6.75. The number of halogens is 2. The van der Waals surface area contributed by atoms with Crippen molar-refractivity contribution in [3.8, 4) is 5.75 Å². The molecule has 0 saturated heterocycles. The zero-order valence-corrected chi connectivity index (χ0v) is 13.5. The first kappa shape index (κ1) is 16.1. The van der Waals surface area contributed by atoms with Gasteiger partial charge in [0.1, 0.15) is 12.4 Å². The predicted octanol–water partition coefficient (Wildman–Crippen LogP) is 3.16. The van der Waals surface area contributed by atoms with Gasteiger partial charge >= 0.3 is 0 Å². The number of rotatable bonds is 7. The monoisotopic (exact) mass is 328 g/mol. The summed E-state index contributed by atoms with van der Waals surface area (Å²) in [7, 11) is 0. The molecule has 7 heteroatoms. The summed E-state index contributed by atoms with van der Waals surface area (Å²) in [6.45, 7) is 5.96. The number of nitrogens with zero attached hydrogens (tertiary/aromatic N) is 3. The van der Waals surface area contributed by atoms with E-state index in [9.17, 15) is 0 Å². The molecule has 0 fully saturated rings. The summed E-state index contributed by atoms with van der Waals surface area (Å²) < 4.78 is 7.36. The summed E-state index contributed by atoms with van der Waals surface area (Å²) in [6, 6.07) is 5.58. The number of hydrogen-bond donors (Lipinski definition) is 1. The Kier molecular flexibility index (Phi) is 5.85. The summed E-state index contributed by atoms with van der Waals surface area (Å²) in [6.07, 6.45) is 1.90. The zero-order chi connectivity index (χ0) is 15.2. The lowest BCUT2D eigenvalue weighted by Gasteiger charge is -2.07. The molecular weight excluding hydrogens is 311 g/mol. The van der Waals surface area contributed by atoms with Crippen molar-refractivity contribution in [3.63, 3.8) is 0 Å². The Hall–Kier alpha value is -1.30. The van der Waals surface area contributed by atoms with E-state index >= 15 is 0 Å². The lowest BCUT2D eigenvalue weighted by atomic mass is 10.3. The highest BCUT2D eigenvalue weighted by Crippen LogP contribution is 2.27. The van der Waals surface area contributed by atoms with Gasteiger partial charge in [0.05, 0.1) is 17.3 Å². The highest BCUT2D eigenvalue weighted by molar-refractivity contribution is 6.35. The van der Waals surface area contributed by atoms with Crippen molar-refractivity contribution in [1.29, 1.82) is 0 Å². The summed E-state index contributed by atoms with van der Waals surface area (Å²) in [5.41, 5.74) is 0.910. The number of aromatic nitrogens is 3. The Morgan fingerprint density at radius 3 is 2.86 bits per heavy atom. The second-order valence-electron chi connectivity index (χ2n) is 4.93. The second kappa shape index (κ2) is 7.64. The quantitative estimate of drug-likeness (QED) is 0.848. The van der Waals surface area contributed by atoms with Crippen LogP contribution in [-0.2, 0) is 13.1 Å². The minimum atomic E-state index is 0.422. The van der Waals surface area contributed by atoms with Crippen LogP contribution < -0.4 is 10.1 Å². The normalized spacial score (nSPS) is 11.1. The number of ether oxygens (including phenoxy) is 1. The molecule has 0 bridgehead atoms. The van der Waals surface area contributed by atoms with Crippen LogP contribution in [0.3, 0.4) is 0 Å². The van der Waals surface area contributed by atoms with Gasteiger partial charge in [0.2, 0.25) is 0 Å². The molecule has 0 unspecified atom stereocenters. The third-order valence-electron chi connectivity index (χ3n) is 2.75. The van der Waals surface area contributed by atoms with E-state index in [0.29, 0.717) is 41.5 Å². The van der Waals surface area contributed by atoms with E-state index in [0.717, 1.165) is 5.69 Å². The van der Waals surface area contributed by atoms with Gasteiger partial charge in [-0.3, -0.25) is 0 Å². The minimum Gasteiger partial charge on any atom is -0.490 e. The second-order valence-corrected chi connectivity index (χ2v) is 5.78. The van der Waals surface area contributed by atoms with Crippen molar-refractivity contribution in [1.82, 2.24) is 20.3 Å². The average Bonchev–Trinajstić information content (AvgIpc) is 2.87.